The molecule has 0 aliphatic rings. The second kappa shape index (κ2) is 6.51. The molecule has 106 valence electrons. The van der Waals surface area contributed by atoms with E-state index in [-0.39, 0.29) is 11.9 Å². The Hall–Kier alpha value is -1.19. The van der Waals surface area contributed by atoms with Crippen LogP contribution in [0, 0.1) is 11.7 Å². The Kier molecular flexibility index (Phi) is 4.95. The third kappa shape index (κ3) is 3.68. The van der Waals surface area contributed by atoms with Crippen LogP contribution in [-0.4, -0.2) is 0 Å². The van der Waals surface area contributed by atoms with Gasteiger partial charge in [0.25, 0.3) is 0 Å². The smallest absolute Gasteiger partial charge is 0.137 e. The van der Waals surface area contributed by atoms with Gasteiger partial charge >= 0.3 is 0 Å². The lowest BCUT2D eigenvalue weighted by molar-refractivity contribution is 0.617. The van der Waals surface area contributed by atoms with Crippen molar-refractivity contribution in [2.24, 2.45) is 11.7 Å². The maximum Gasteiger partial charge on any atom is 0.137 e. The number of rotatable bonds is 4. The van der Waals surface area contributed by atoms with Gasteiger partial charge in [-0.1, -0.05) is 44.2 Å². The van der Waals surface area contributed by atoms with Gasteiger partial charge < -0.3 is 5.73 Å². The van der Waals surface area contributed by atoms with Crippen molar-refractivity contribution in [3.63, 3.8) is 0 Å². The van der Waals surface area contributed by atoms with Crippen molar-refractivity contribution in [2.75, 3.05) is 0 Å². The van der Waals surface area contributed by atoms with Gasteiger partial charge in [-0.25, -0.2) is 4.39 Å². The second-order valence-electron chi connectivity index (χ2n) is 5.49. The van der Waals surface area contributed by atoms with Crippen LogP contribution in [-0.2, 0) is 6.42 Å². The molecule has 0 radical (unpaired) electrons. The SMILES string of the molecule is CC(C)Cc1ccc(C(N)c2ccc(Br)c(F)c2)cc1. The van der Waals surface area contributed by atoms with E-state index in [0.29, 0.717) is 10.4 Å². The Bertz CT molecular complexity index is 578. The van der Waals surface area contributed by atoms with Crippen LogP contribution in [0.3, 0.4) is 0 Å². The van der Waals surface area contributed by atoms with E-state index in [9.17, 15) is 4.39 Å². The summed E-state index contributed by atoms with van der Waals surface area (Å²) in [6.45, 7) is 4.40. The zero-order valence-electron chi connectivity index (χ0n) is 11.7. The minimum atomic E-state index is -0.300. The van der Waals surface area contributed by atoms with Crippen molar-refractivity contribution in [2.45, 2.75) is 26.3 Å². The largest absolute Gasteiger partial charge is 0.320 e. The van der Waals surface area contributed by atoms with Gasteiger partial charge in [0.15, 0.2) is 0 Å². The molecule has 0 amide bonds. The van der Waals surface area contributed by atoms with E-state index in [1.165, 1.54) is 11.6 Å². The molecule has 1 nitrogen and oxygen atoms in total. The van der Waals surface area contributed by atoms with Crippen LogP contribution in [0.4, 0.5) is 4.39 Å². The quantitative estimate of drug-likeness (QED) is 0.850. The number of benzene rings is 2. The first kappa shape index (κ1) is 15.2. The third-order valence-corrected chi connectivity index (χ3v) is 3.93. The van der Waals surface area contributed by atoms with Crippen LogP contribution in [0.15, 0.2) is 46.9 Å². The Morgan fingerprint density at radius 1 is 1.05 bits per heavy atom. The number of hydrogen-bond acceptors (Lipinski definition) is 1. The Morgan fingerprint density at radius 3 is 2.20 bits per heavy atom. The Morgan fingerprint density at radius 2 is 1.65 bits per heavy atom. The molecule has 0 aromatic heterocycles. The van der Waals surface area contributed by atoms with Crippen molar-refractivity contribution in [1.29, 1.82) is 0 Å². The Balaban J connectivity index is 2.20. The summed E-state index contributed by atoms with van der Waals surface area (Å²) in [5.74, 6) is 0.351. The molecule has 0 spiro atoms. The minimum Gasteiger partial charge on any atom is -0.320 e. The first-order valence-electron chi connectivity index (χ1n) is 6.76. The van der Waals surface area contributed by atoms with Crippen LogP contribution in [0.1, 0.15) is 36.6 Å². The van der Waals surface area contributed by atoms with E-state index >= 15 is 0 Å². The summed E-state index contributed by atoms with van der Waals surface area (Å²) in [6, 6.07) is 13.0. The molecule has 0 saturated carbocycles. The van der Waals surface area contributed by atoms with Crippen LogP contribution >= 0.6 is 15.9 Å². The second-order valence-corrected chi connectivity index (χ2v) is 6.35. The predicted molar refractivity (Wildman–Crippen MR) is 85.1 cm³/mol. The standard InChI is InChI=1S/C17H19BrFN/c1-11(2)9-12-3-5-13(6-4-12)17(20)14-7-8-15(18)16(19)10-14/h3-8,10-11,17H,9,20H2,1-2H3. The zero-order chi connectivity index (χ0) is 14.7. The predicted octanol–water partition coefficient (Wildman–Crippen LogP) is 4.83. The lowest BCUT2D eigenvalue weighted by atomic mass is 9.96. The van der Waals surface area contributed by atoms with Crippen LogP contribution in [0.5, 0.6) is 0 Å². The molecule has 0 aliphatic carbocycles. The molecule has 2 aromatic rings. The molecule has 0 heterocycles. The average molecular weight is 336 g/mol. The van der Waals surface area contributed by atoms with E-state index in [2.05, 4.69) is 41.9 Å². The fourth-order valence-electron chi connectivity index (χ4n) is 2.23. The molecule has 0 fully saturated rings. The first-order chi connectivity index (χ1) is 9.47. The summed E-state index contributed by atoms with van der Waals surface area (Å²) in [4.78, 5) is 0. The molecule has 1 atom stereocenters. The monoisotopic (exact) mass is 335 g/mol. The van der Waals surface area contributed by atoms with E-state index < -0.39 is 0 Å². The van der Waals surface area contributed by atoms with E-state index in [4.69, 9.17) is 5.73 Å². The van der Waals surface area contributed by atoms with Gasteiger partial charge in [0.2, 0.25) is 0 Å². The number of nitrogens with two attached hydrogens (primary N) is 1. The van der Waals surface area contributed by atoms with Gasteiger partial charge in [0.1, 0.15) is 5.82 Å². The first-order valence-corrected chi connectivity index (χ1v) is 7.56. The molecule has 0 bridgehead atoms. The average Bonchev–Trinajstić information content (AvgIpc) is 2.41. The van der Waals surface area contributed by atoms with Crippen LogP contribution in [0.2, 0.25) is 0 Å². The van der Waals surface area contributed by atoms with Gasteiger partial charge in [0, 0.05) is 0 Å². The number of hydrogen-bond donors (Lipinski definition) is 1. The molecule has 0 saturated heterocycles. The van der Waals surface area contributed by atoms with Crippen molar-refractivity contribution >= 4 is 15.9 Å². The fourth-order valence-corrected chi connectivity index (χ4v) is 2.48. The molecule has 2 rings (SSSR count). The molecular weight excluding hydrogens is 317 g/mol. The van der Waals surface area contributed by atoms with Gasteiger partial charge in [-0.2, -0.15) is 0 Å². The third-order valence-electron chi connectivity index (χ3n) is 3.29. The molecule has 1 unspecified atom stereocenters. The van der Waals surface area contributed by atoms with E-state index in [1.54, 1.807) is 6.07 Å². The molecular formula is C17H19BrFN. The number of halogens is 2. The topological polar surface area (TPSA) is 26.0 Å². The van der Waals surface area contributed by atoms with Crippen molar-refractivity contribution < 1.29 is 4.39 Å². The van der Waals surface area contributed by atoms with Gasteiger partial charge in [-0.15, -0.1) is 0 Å². The highest BCUT2D eigenvalue weighted by molar-refractivity contribution is 9.10. The van der Waals surface area contributed by atoms with E-state index in [1.807, 2.05) is 18.2 Å². The summed E-state index contributed by atoms with van der Waals surface area (Å²) in [7, 11) is 0. The van der Waals surface area contributed by atoms with Crippen molar-refractivity contribution in [3.05, 3.63) is 69.4 Å². The summed E-state index contributed by atoms with van der Waals surface area (Å²) < 4.78 is 14.0. The highest BCUT2D eigenvalue weighted by Crippen LogP contribution is 2.24. The normalized spacial score (nSPS) is 12.7. The summed E-state index contributed by atoms with van der Waals surface area (Å²) in [6.07, 6.45) is 1.06. The van der Waals surface area contributed by atoms with Crippen LogP contribution in [0.25, 0.3) is 0 Å². The molecule has 20 heavy (non-hydrogen) atoms. The van der Waals surface area contributed by atoms with Gasteiger partial charge in [-0.3, -0.25) is 0 Å². The van der Waals surface area contributed by atoms with Gasteiger partial charge in [-0.05, 0) is 57.1 Å². The molecule has 3 heteroatoms. The summed E-state index contributed by atoms with van der Waals surface area (Å²) in [5.41, 5.74) is 9.29. The Labute approximate surface area is 128 Å². The zero-order valence-corrected chi connectivity index (χ0v) is 13.3. The lowest BCUT2D eigenvalue weighted by Gasteiger charge is -2.14. The summed E-state index contributed by atoms with van der Waals surface area (Å²) >= 11 is 3.15. The highest BCUT2D eigenvalue weighted by Gasteiger charge is 2.11. The molecule has 0 aliphatic heterocycles. The van der Waals surface area contributed by atoms with Gasteiger partial charge in [0.05, 0.1) is 10.5 Å². The van der Waals surface area contributed by atoms with Crippen molar-refractivity contribution in [1.82, 2.24) is 0 Å². The van der Waals surface area contributed by atoms with Crippen molar-refractivity contribution in [3.8, 4) is 0 Å². The summed E-state index contributed by atoms with van der Waals surface area (Å²) in [5, 5.41) is 0. The molecule has 2 aromatic carbocycles. The maximum absolute atomic E-state index is 13.6. The lowest BCUT2D eigenvalue weighted by Crippen LogP contribution is -2.12. The van der Waals surface area contributed by atoms with Crippen LogP contribution < -0.4 is 5.73 Å². The fraction of sp³-hybridized carbons (Fsp3) is 0.294. The maximum atomic E-state index is 13.6. The minimum absolute atomic E-state index is 0.283. The molecule has 2 N–H and O–H groups in total. The highest BCUT2D eigenvalue weighted by atomic mass is 79.9. The van der Waals surface area contributed by atoms with E-state index in [0.717, 1.165) is 17.5 Å².